The maximum Gasteiger partial charge on any atom is 0.260 e. The molecule has 2 aromatic heterocycles. The van der Waals surface area contributed by atoms with Gasteiger partial charge in [-0.25, -0.2) is 4.98 Å². The molecule has 0 saturated carbocycles. The summed E-state index contributed by atoms with van der Waals surface area (Å²) in [5, 5.41) is 20.1. The van der Waals surface area contributed by atoms with Gasteiger partial charge in [0.2, 0.25) is 0 Å². The molecular weight excluding hydrogens is 356 g/mol. The van der Waals surface area contributed by atoms with Gasteiger partial charge in [0, 0.05) is 6.54 Å². The minimum absolute atomic E-state index is 0.0988. The van der Waals surface area contributed by atoms with E-state index in [-0.39, 0.29) is 12.0 Å². The Morgan fingerprint density at radius 1 is 1.32 bits per heavy atom. The molecule has 0 saturated heterocycles. The Morgan fingerprint density at radius 3 is 3.07 bits per heavy atom. The van der Waals surface area contributed by atoms with Crippen LogP contribution >= 0.6 is 0 Å². The number of benzene rings is 1. The molecule has 140 valence electrons. The summed E-state index contributed by atoms with van der Waals surface area (Å²) < 4.78 is 7.95. The fourth-order valence-electron chi connectivity index (χ4n) is 3.13. The van der Waals surface area contributed by atoms with E-state index in [4.69, 9.17) is 4.74 Å². The third-order valence-corrected chi connectivity index (χ3v) is 4.53. The number of hydrogen-bond acceptors (Lipinski definition) is 6. The van der Waals surface area contributed by atoms with Crippen molar-refractivity contribution in [2.24, 2.45) is 0 Å². The Morgan fingerprint density at radius 2 is 2.21 bits per heavy atom. The number of hydrogen-bond donors (Lipinski definition) is 1. The number of aromatic nitrogens is 4. The third-order valence-electron chi connectivity index (χ3n) is 4.53. The first-order valence-electron chi connectivity index (χ1n) is 9.01. The highest BCUT2D eigenvalue weighted by atomic mass is 16.5. The first-order valence-corrected chi connectivity index (χ1v) is 9.01. The van der Waals surface area contributed by atoms with Gasteiger partial charge < -0.3 is 14.6 Å². The molecule has 0 spiro atoms. The lowest BCUT2D eigenvalue weighted by atomic mass is 10.1. The number of anilines is 1. The predicted molar refractivity (Wildman–Crippen MR) is 102 cm³/mol. The molecule has 3 heterocycles. The fraction of sp³-hybridized carbons (Fsp3) is 0.250. The lowest BCUT2D eigenvalue weighted by Gasteiger charge is -2.18. The predicted octanol–water partition coefficient (Wildman–Crippen LogP) is 3.03. The highest BCUT2D eigenvalue weighted by molar-refractivity contribution is 6.06. The Balaban J connectivity index is 1.77. The Bertz CT molecular complexity index is 1070. The molecule has 2 bridgehead atoms. The van der Waals surface area contributed by atoms with Gasteiger partial charge in [0.05, 0.1) is 23.3 Å². The van der Waals surface area contributed by atoms with Gasteiger partial charge >= 0.3 is 0 Å². The van der Waals surface area contributed by atoms with Crippen molar-refractivity contribution in [1.29, 1.82) is 5.26 Å². The number of nitrogens with zero attached hydrogens (tertiary/aromatic N) is 5. The number of carbonyl (C=O) groups is 1. The van der Waals surface area contributed by atoms with Crippen molar-refractivity contribution in [2.75, 3.05) is 5.32 Å². The SMILES string of the molecule is C[C@H]1CCCn2cnnc2-c2cccc(n2)NC(=O)c2cc(C#N)ccc2O1. The molecule has 1 N–H and O–H groups in total. The Hall–Kier alpha value is -3.73. The standard InChI is InChI=1S/C20H18N6O2/c1-13-4-3-9-26-12-22-25-19(26)16-5-2-6-18(23-16)24-20(27)15-10-14(11-21)7-8-17(15)28-13/h2,5-8,10,12-13H,3-4,9H2,1H3,(H,23,24,27)/t13-/m0/s1. The number of nitriles is 1. The van der Waals surface area contributed by atoms with Crippen molar-refractivity contribution in [3.05, 3.63) is 53.9 Å². The minimum Gasteiger partial charge on any atom is -0.490 e. The highest BCUT2D eigenvalue weighted by Gasteiger charge is 2.18. The van der Waals surface area contributed by atoms with Crippen LogP contribution in [-0.4, -0.2) is 31.8 Å². The number of pyridine rings is 1. The molecule has 0 unspecified atom stereocenters. The van der Waals surface area contributed by atoms with Crippen LogP contribution in [0.25, 0.3) is 11.5 Å². The molecule has 1 amide bonds. The molecule has 1 aliphatic rings. The van der Waals surface area contributed by atoms with Gasteiger partial charge in [-0.05, 0) is 50.1 Å². The maximum atomic E-state index is 12.9. The molecule has 0 aliphatic carbocycles. The second-order valence-electron chi connectivity index (χ2n) is 6.60. The van der Waals surface area contributed by atoms with Crippen LogP contribution in [0.2, 0.25) is 0 Å². The van der Waals surface area contributed by atoms with Gasteiger partial charge in [-0.3, -0.25) is 4.79 Å². The van der Waals surface area contributed by atoms with Crippen LogP contribution < -0.4 is 10.1 Å². The van der Waals surface area contributed by atoms with Crippen LogP contribution in [0.4, 0.5) is 5.82 Å². The fourth-order valence-corrected chi connectivity index (χ4v) is 3.13. The molecule has 28 heavy (non-hydrogen) atoms. The van der Waals surface area contributed by atoms with E-state index in [0.717, 1.165) is 19.4 Å². The molecule has 0 fully saturated rings. The summed E-state index contributed by atoms with van der Waals surface area (Å²) in [5.41, 5.74) is 1.32. The summed E-state index contributed by atoms with van der Waals surface area (Å²) in [6.07, 6.45) is 3.21. The van der Waals surface area contributed by atoms with Crippen molar-refractivity contribution in [3.8, 4) is 23.3 Å². The first-order chi connectivity index (χ1) is 13.6. The molecule has 4 rings (SSSR count). The van der Waals surface area contributed by atoms with Gasteiger partial charge in [0.25, 0.3) is 5.91 Å². The normalized spacial score (nSPS) is 16.6. The topological polar surface area (TPSA) is 106 Å². The summed E-state index contributed by atoms with van der Waals surface area (Å²) in [4.78, 5) is 17.4. The zero-order valence-electron chi connectivity index (χ0n) is 15.3. The van der Waals surface area contributed by atoms with Crippen LogP contribution in [0.5, 0.6) is 5.75 Å². The Kier molecular flexibility index (Phi) is 4.72. The lowest BCUT2D eigenvalue weighted by molar-refractivity contribution is 0.101. The molecule has 1 aromatic carbocycles. The summed E-state index contributed by atoms with van der Waals surface area (Å²) in [6.45, 7) is 2.69. The number of aryl methyl sites for hydroxylation is 1. The van der Waals surface area contributed by atoms with E-state index in [0.29, 0.717) is 34.2 Å². The highest BCUT2D eigenvalue weighted by Crippen LogP contribution is 2.25. The molecule has 8 heteroatoms. The second kappa shape index (κ2) is 7.48. The van der Waals surface area contributed by atoms with Crippen LogP contribution in [0.1, 0.15) is 35.7 Å². The molecule has 8 nitrogen and oxygen atoms in total. The van der Waals surface area contributed by atoms with E-state index in [9.17, 15) is 10.1 Å². The smallest absolute Gasteiger partial charge is 0.260 e. The Labute approximate surface area is 161 Å². The molecule has 0 radical (unpaired) electrons. The average molecular weight is 374 g/mol. The minimum atomic E-state index is -0.387. The van der Waals surface area contributed by atoms with Crippen LogP contribution in [-0.2, 0) is 6.54 Å². The summed E-state index contributed by atoms with van der Waals surface area (Å²) in [5.74, 6) is 1.09. The quantitative estimate of drug-likeness (QED) is 0.648. The molecule has 1 aliphatic heterocycles. The molecule has 1 atom stereocenters. The molecular formula is C20H18N6O2. The number of amides is 1. The average Bonchev–Trinajstić information content (AvgIpc) is 3.16. The van der Waals surface area contributed by atoms with Crippen molar-refractivity contribution >= 4 is 11.7 Å². The monoisotopic (exact) mass is 374 g/mol. The number of ether oxygens (including phenoxy) is 1. The van der Waals surface area contributed by atoms with E-state index in [1.165, 1.54) is 6.07 Å². The second-order valence-corrected chi connectivity index (χ2v) is 6.60. The van der Waals surface area contributed by atoms with Crippen molar-refractivity contribution < 1.29 is 9.53 Å². The molecule has 3 aromatic rings. The van der Waals surface area contributed by atoms with Gasteiger partial charge in [-0.2, -0.15) is 5.26 Å². The number of carbonyl (C=O) groups excluding carboxylic acids is 1. The summed E-state index contributed by atoms with van der Waals surface area (Å²) in [7, 11) is 0. The van der Waals surface area contributed by atoms with E-state index < -0.39 is 0 Å². The van der Waals surface area contributed by atoms with E-state index in [1.807, 2.05) is 17.6 Å². The third kappa shape index (κ3) is 3.55. The summed E-state index contributed by atoms with van der Waals surface area (Å²) in [6, 6.07) is 12.2. The first kappa shape index (κ1) is 17.7. The number of rotatable bonds is 0. The van der Waals surface area contributed by atoms with E-state index in [1.54, 1.807) is 30.6 Å². The van der Waals surface area contributed by atoms with Crippen LogP contribution in [0, 0.1) is 11.3 Å². The van der Waals surface area contributed by atoms with E-state index >= 15 is 0 Å². The van der Waals surface area contributed by atoms with Gasteiger partial charge in [0.1, 0.15) is 23.6 Å². The number of fused-ring (bicyclic) bond motifs is 5. The zero-order valence-corrected chi connectivity index (χ0v) is 15.3. The van der Waals surface area contributed by atoms with Crippen LogP contribution in [0.15, 0.2) is 42.7 Å². The van der Waals surface area contributed by atoms with E-state index in [2.05, 4.69) is 26.6 Å². The van der Waals surface area contributed by atoms with Crippen LogP contribution in [0.3, 0.4) is 0 Å². The lowest BCUT2D eigenvalue weighted by Crippen LogP contribution is -2.19. The van der Waals surface area contributed by atoms with Gasteiger partial charge in [-0.15, -0.1) is 10.2 Å². The van der Waals surface area contributed by atoms with Gasteiger partial charge in [0.15, 0.2) is 5.82 Å². The summed E-state index contributed by atoms with van der Waals surface area (Å²) >= 11 is 0. The number of nitrogens with one attached hydrogen (secondary N) is 1. The largest absolute Gasteiger partial charge is 0.490 e. The van der Waals surface area contributed by atoms with Crippen molar-refractivity contribution in [3.63, 3.8) is 0 Å². The zero-order chi connectivity index (χ0) is 19.5. The van der Waals surface area contributed by atoms with Gasteiger partial charge in [-0.1, -0.05) is 6.07 Å². The maximum absolute atomic E-state index is 12.9. The van der Waals surface area contributed by atoms with Crippen molar-refractivity contribution in [1.82, 2.24) is 19.7 Å². The van der Waals surface area contributed by atoms with Crippen molar-refractivity contribution in [2.45, 2.75) is 32.4 Å².